The van der Waals surface area contributed by atoms with Gasteiger partial charge in [-0.15, -0.1) is 0 Å². The first kappa shape index (κ1) is 57.9. The number of unbranched alkanes of at least 4 members (excludes halogenated alkanes) is 20. The molecular weight excluding hydrogens is 805 g/mol. The van der Waals surface area contributed by atoms with Crippen molar-refractivity contribution in [3.63, 3.8) is 0 Å². The molecule has 0 amide bonds. The van der Waals surface area contributed by atoms with Gasteiger partial charge in [-0.1, -0.05) is 142 Å². The first-order valence-corrected chi connectivity index (χ1v) is 26.4. The van der Waals surface area contributed by atoms with Crippen LogP contribution in [0.1, 0.15) is 249 Å². The van der Waals surface area contributed by atoms with E-state index in [4.69, 9.17) is 18.9 Å². The van der Waals surface area contributed by atoms with Crippen LogP contribution in [-0.2, 0) is 38.1 Å². The third-order valence-corrected chi connectivity index (χ3v) is 15.0. The van der Waals surface area contributed by atoms with E-state index < -0.39 is 41.8 Å². The summed E-state index contributed by atoms with van der Waals surface area (Å²) in [4.78, 5) is 61.1. The minimum Gasteiger partial charge on any atom is -0.465 e. The van der Waals surface area contributed by atoms with E-state index in [2.05, 4.69) is 93.1 Å². The number of likely N-dealkylation sites (tertiary alicyclic amines) is 2. The largest absolute Gasteiger partial charge is 0.465 e. The van der Waals surface area contributed by atoms with Gasteiger partial charge < -0.3 is 18.9 Å². The summed E-state index contributed by atoms with van der Waals surface area (Å²) in [5, 5.41) is 0. The molecule has 2 fully saturated rings. The Labute approximate surface area is 393 Å². The van der Waals surface area contributed by atoms with Gasteiger partial charge in [0, 0.05) is 54.3 Å². The van der Waals surface area contributed by atoms with E-state index in [1.54, 1.807) is 0 Å². The van der Waals surface area contributed by atoms with E-state index in [1.165, 1.54) is 89.9 Å². The molecule has 374 valence electrons. The van der Waals surface area contributed by atoms with Crippen LogP contribution in [0.4, 0.5) is 0 Å². The summed E-state index contributed by atoms with van der Waals surface area (Å²) in [6, 6.07) is 0. The lowest BCUT2D eigenvalue weighted by atomic mass is 9.78. The number of esters is 4. The Morgan fingerprint density at radius 2 is 0.750 bits per heavy atom. The monoisotopic (exact) mass is 905 g/mol. The Hall–Kier alpha value is -2.20. The van der Waals surface area contributed by atoms with Crippen molar-refractivity contribution in [2.75, 3.05) is 27.3 Å². The van der Waals surface area contributed by atoms with E-state index >= 15 is 0 Å². The highest BCUT2D eigenvalue weighted by Crippen LogP contribution is 2.40. The Balaban J connectivity index is 2.21. The number of hydrogen-bond acceptors (Lipinski definition) is 10. The molecule has 2 rings (SSSR count). The lowest BCUT2D eigenvalue weighted by Gasteiger charge is -2.53. The van der Waals surface area contributed by atoms with Crippen LogP contribution >= 0.6 is 0 Å². The fourth-order valence-electron chi connectivity index (χ4n) is 10.4. The molecule has 0 aromatic rings. The molecule has 2 aliphatic rings. The topological polar surface area (TPSA) is 112 Å². The maximum absolute atomic E-state index is 14.5. The van der Waals surface area contributed by atoms with Gasteiger partial charge in [0.25, 0.3) is 0 Å². The van der Waals surface area contributed by atoms with E-state index in [1.807, 2.05) is 0 Å². The molecule has 2 saturated heterocycles. The lowest BCUT2D eigenvalue weighted by Crippen LogP contribution is -2.60. The van der Waals surface area contributed by atoms with Gasteiger partial charge in [-0.3, -0.25) is 29.0 Å². The predicted octanol–water partition coefficient (Wildman–Crippen LogP) is 13.1. The zero-order valence-corrected chi connectivity index (χ0v) is 43.7. The van der Waals surface area contributed by atoms with Crippen molar-refractivity contribution in [3.05, 3.63) is 0 Å². The molecule has 1 unspecified atom stereocenters. The second-order valence-electron chi connectivity index (χ2n) is 22.4. The van der Waals surface area contributed by atoms with E-state index in [9.17, 15) is 19.2 Å². The number of carbonyl (C=O) groups is 4. The van der Waals surface area contributed by atoms with Crippen LogP contribution in [0.2, 0.25) is 0 Å². The smallest absolute Gasteiger partial charge is 0.321 e. The zero-order valence-electron chi connectivity index (χ0n) is 43.7. The molecule has 0 N–H and O–H groups in total. The van der Waals surface area contributed by atoms with Crippen molar-refractivity contribution >= 4 is 23.9 Å². The molecule has 0 spiro atoms. The molecule has 64 heavy (non-hydrogen) atoms. The van der Waals surface area contributed by atoms with Crippen molar-refractivity contribution in [2.45, 2.75) is 283 Å². The van der Waals surface area contributed by atoms with Gasteiger partial charge in [0.1, 0.15) is 12.2 Å². The van der Waals surface area contributed by atoms with Crippen LogP contribution in [0.3, 0.4) is 0 Å². The number of ether oxygens (including phenoxy) is 4. The maximum atomic E-state index is 14.5. The molecule has 10 heteroatoms. The summed E-state index contributed by atoms with van der Waals surface area (Å²) in [5.74, 6) is -5.50. The summed E-state index contributed by atoms with van der Waals surface area (Å²) in [5.41, 5.74) is -0.894. The lowest BCUT2D eigenvalue weighted by molar-refractivity contribution is -0.179. The molecule has 2 heterocycles. The third-order valence-electron chi connectivity index (χ3n) is 15.0. The van der Waals surface area contributed by atoms with Crippen molar-refractivity contribution in [2.24, 2.45) is 11.8 Å². The highest BCUT2D eigenvalue weighted by Gasteiger charge is 2.48. The van der Waals surface area contributed by atoms with Gasteiger partial charge in [0.2, 0.25) is 0 Å². The maximum Gasteiger partial charge on any atom is 0.321 e. The molecule has 0 saturated carbocycles. The number of carbonyl (C=O) groups excluding carboxylic acids is 4. The summed E-state index contributed by atoms with van der Waals surface area (Å²) >= 11 is 0. The minimum absolute atomic E-state index is 0.0950. The molecule has 0 radical (unpaired) electrons. The summed E-state index contributed by atoms with van der Waals surface area (Å²) in [7, 11) is 4.19. The first-order chi connectivity index (χ1) is 30.2. The minimum atomic E-state index is -1.55. The third kappa shape index (κ3) is 21.2. The van der Waals surface area contributed by atoms with Crippen LogP contribution in [0.15, 0.2) is 0 Å². The van der Waals surface area contributed by atoms with Crippen LogP contribution in [0.5, 0.6) is 0 Å². The van der Waals surface area contributed by atoms with Gasteiger partial charge >= 0.3 is 23.9 Å². The summed E-state index contributed by atoms with van der Waals surface area (Å²) < 4.78 is 24.1. The Bertz CT molecular complexity index is 1270. The van der Waals surface area contributed by atoms with Gasteiger partial charge in [0.15, 0.2) is 5.92 Å². The second-order valence-corrected chi connectivity index (χ2v) is 22.4. The van der Waals surface area contributed by atoms with Crippen molar-refractivity contribution in [1.82, 2.24) is 9.80 Å². The molecule has 10 nitrogen and oxygen atoms in total. The Morgan fingerprint density at radius 1 is 0.453 bits per heavy atom. The fourth-order valence-corrected chi connectivity index (χ4v) is 10.4. The van der Waals surface area contributed by atoms with Gasteiger partial charge in [-0.05, 0) is 88.7 Å². The molecule has 0 bridgehead atoms. The molecule has 0 aromatic heterocycles. The fraction of sp³-hybridized carbons (Fsp3) is 0.926. The molecule has 0 aromatic carbocycles. The van der Waals surface area contributed by atoms with Gasteiger partial charge in [0.05, 0.1) is 19.1 Å². The molecule has 2 aliphatic heterocycles. The quantitative estimate of drug-likeness (QED) is 0.0273. The molecular formula is C54H100N2O8. The van der Waals surface area contributed by atoms with Gasteiger partial charge in [-0.2, -0.15) is 0 Å². The number of piperidine rings is 2. The molecule has 0 aliphatic carbocycles. The number of rotatable bonds is 33. The van der Waals surface area contributed by atoms with Crippen LogP contribution in [0.25, 0.3) is 0 Å². The first-order valence-electron chi connectivity index (χ1n) is 26.4. The summed E-state index contributed by atoms with van der Waals surface area (Å²) in [6.07, 6.45) is 27.1. The van der Waals surface area contributed by atoms with Crippen molar-refractivity contribution in [1.29, 1.82) is 0 Å². The summed E-state index contributed by atoms with van der Waals surface area (Å²) in [6.45, 7) is 21.9. The SMILES string of the molecule is CCCCCCCCCCCCCOC(=O)C(C(=O)OCCCCCCCCCCCCC)C(CCC(=O)OC1CC(C)(C)N(C)C(C)(C)C1)C(=O)OC1CC(C)(C)N(C)C(C)(C)C1. The Kier molecular flexibility index (Phi) is 26.7. The number of hydrogen-bond donors (Lipinski definition) is 0. The predicted molar refractivity (Wildman–Crippen MR) is 261 cm³/mol. The highest BCUT2D eigenvalue weighted by molar-refractivity contribution is 5.99. The Morgan fingerprint density at radius 3 is 1.08 bits per heavy atom. The average molecular weight is 905 g/mol. The normalized spacial score (nSPS) is 19.3. The van der Waals surface area contributed by atoms with Gasteiger partial charge in [-0.25, -0.2) is 0 Å². The van der Waals surface area contributed by atoms with Crippen LogP contribution in [0, 0.1) is 11.8 Å². The zero-order chi connectivity index (χ0) is 47.8. The number of nitrogens with zero attached hydrogens (tertiary/aromatic N) is 2. The van der Waals surface area contributed by atoms with Crippen molar-refractivity contribution in [3.8, 4) is 0 Å². The van der Waals surface area contributed by atoms with E-state index in [-0.39, 0.29) is 54.3 Å². The van der Waals surface area contributed by atoms with E-state index in [0.717, 1.165) is 38.5 Å². The van der Waals surface area contributed by atoms with Crippen molar-refractivity contribution < 1.29 is 38.1 Å². The van der Waals surface area contributed by atoms with Crippen LogP contribution < -0.4 is 0 Å². The van der Waals surface area contributed by atoms with E-state index in [0.29, 0.717) is 38.5 Å². The highest BCUT2D eigenvalue weighted by atomic mass is 16.6. The average Bonchev–Trinajstić information content (AvgIpc) is 3.20. The standard InChI is InChI=1S/C54H100N2O8/c1-13-15-17-19-21-23-25-27-29-31-33-37-61-49(59)47(50(60)62-38-34-32-30-28-26-24-22-20-18-16-14-2)45(48(58)64-44-41-53(7,8)56(12)54(9,10)42-44)35-36-46(57)63-43-39-51(3,4)55(11)52(5,6)40-43/h43-45,47H,13-42H2,1-12H3. The van der Waals surface area contributed by atoms with Crippen LogP contribution in [-0.4, -0.2) is 95.3 Å². The molecule has 1 atom stereocenters. The second kappa shape index (κ2) is 29.5.